The molecule has 26 heavy (non-hydrogen) atoms. The predicted molar refractivity (Wildman–Crippen MR) is 106 cm³/mol. The molecule has 0 aliphatic carbocycles. The minimum Gasteiger partial charge on any atom is -0.469 e. The lowest BCUT2D eigenvalue weighted by molar-refractivity contribution is -0.142. The van der Waals surface area contributed by atoms with Crippen molar-refractivity contribution >= 4 is 20.2 Å². The molecule has 0 unspecified atom stereocenters. The van der Waals surface area contributed by atoms with Crippen LogP contribution in [0.15, 0.2) is 30.3 Å². The third-order valence-electron chi connectivity index (χ3n) is 4.98. The Morgan fingerprint density at radius 1 is 1.12 bits per heavy atom. The van der Waals surface area contributed by atoms with Crippen molar-refractivity contribution in [3.8, 4) is 0 Å². The number of methoxy groups -OCH3 is 1. The Bertz CT molecular complexity index is 596. The number of carbonyl (C=O) groups is 2. The Labute approximate surface area is 158 Å². The Morgan fingerprint density at radius 2 is 1.69 bits per heavy atom. The van der Waals surface area contributed by atoms with E-state index in [2.05, 4.69) is 39.2 Å². The first kappa shape index (κ1) is 22.4. The normalized spacial score (nSPS) is 14.4. The molecular weight excluding hydrogens is 346 g/mol. The van der Waals surface area contributed by atoms with Crippen molar-refractivity contribution in [3.05, 3.63) is 35.9 Å². The average Bonchev–Trinajstić information content (AvgIpc) is 2.53. The fourth-order valence-electron chi connectivity index (χ4n) is 2.35. The molecule has 1 amide bonds. The van der Waals surface area contributed by atoms with Gasteiger partial charge in [0.1, 0.15) is 0 Å². The predicted octanol–water partition coefficient (Wildman–Crippen LogP) is 4.21. The van der Waals surface area contributed by atoms with Gasteiger partial charge in [0.15, 0.2) is 8.32 Å². The Kier molecular flexibility index (Phi) is 8.03. The molecule has 0 aliphatic rings. The fourth-order valence-corrected chi connectivity index (χ4v) is 3.70. The summed E-state index contributed by atoms with van der Waals surface area (Å²) in [4.78, 5) is 24.3. The third kappa shape index (κ3) is 6.92. The first-order chi connectivity index (χ1) is 12.0. The zero-order valence-corrected chi connectivity index (χ0v) is 18.1. The molecular formula is C20H33NO4Si. The number of esters is 1. The van der Waals surface area contributed by atoms with Crippen molar-refractivity contribution in [1.29, 1.82) is 0 Å². The number of amides is 1. The van der Waals surface area contributed by atoms with Crippen LogP contribution in [0.2, 0.25) is 18.1 Å². The maximum absolute atomic E-state index is 12.5. The van der Waals surface area contributed by atoms with Crippen LogP contribution in [0, 0.1) is 0 Å². The molecule has 1 aromatic carbocycles. The van der Waals surface area contributed by atoms with E-state index in [4.69, 9.17) is 9.16 Å². The number of rotatable bonds is 8. The smallest absolute Gasteiger partial charge is 0.308 e. The van der Waals surface area contributed by atoms with Crippen molar-refractivity contribution in [2.75, 3.05) is 7.11 Å². The van der Waals surface area contributed by atoms with Gasteiger partial charge in [-0.2, -0.15) is 0 Å². The van der Waals surface area contributed by atoms with Crippen LogP contribution >= 0.6 is 0 Å². The summed E-state index contributed by atoms with van der Waals surface area (Å²) in [5.74, 6) is -0.494. The summed E-state index contributed by atoms with van der Waals surface area (Å²) in [5.41, 5.74) is 1.04. The molecule has 1 rings (SSSR count). The maximum atomic E-state index is 12.5. The number of hydrogen-bond acceptors (Lipinski definition) is 4. The van der Waals surface area contributed by atoms with Crippen LogP contribution in [0.4, 0.5) is 0 Å². The Balaban J connectivity index is 2.78. The highest BCUT2D eigenvalue weighted by Crippen LogP contribution is 2.38. The van der Waals surface area contributed by atoms with Gasteiger partial charge in [-0.05, 0) is 30.6 Å². The highest BCUT2D eigenvalue weighted by molar-refractivity contribution is 6.74. The number of nitrogens with one attached hydrogen (secondary N) is 1. The summed E-state index contributed by atoms with van der Waals surface area (Å²) >= 11 is 0. The monoisotopic (exact) mass is 379 g/mol. The minimum atomic E-state index is -2.11. The second-order valence-electron chi connectivity index (χ2n) is 8.18. The van der Waals surface area contributed by atoms with Crippen molar-refractivity contribution in [3.63, 3.8) is 0 Å². The van der Waals surface area contributed by atoms with Crippen LogP contribution in [0.5, 0.6) is 0 Å². The molecule has 1 N–H and O–H groups in total. The molecule has 0 aliphatic heterocycles. The van der Waals surface area contributed by atoms with E-state index in [9.17, 15) is 9.59 Å². The molecule has 0 saturated heterocycles. The van der Waals surface area contributed by atoms with Crippen LogP contribution in [0.3, 0.4) is 0 Å². The fraction of sp³-hybridized carbons (Fsp3) is 0.600. The highest BCUT2D eigenvalue weighted by Gasteiger charge is 2.40. The summed E-state index contributed by atoms with van der Waals surface area (Å²) in [6.07, 6.45) is -0.263. The summed E-state index contributed by atoms with van der Waals surface area (Å²) in [6.45, 7) is 12.6. The lowest BCUT2D eigenvalue weighted by atomic mass is 10.1. The zero-order valence-electron chi connectivity index (χ0n) is 17.1. The van der Waals surface area contributed by atoms with Crippen molar-refractivity contribution in [2.45, 2.75) is 70.8 Å². The minimum absolute atomic E-state index is 0.00479. The van der Waals surface area contributed by atoms with E-state index in [-0.39, 0.29) is 35.8 Å². The molecule has 2 atom stereocenters. The van der Waals surface area contributed by atoms with E-state index >= 15 is 0 Å². The molecule has 6 heteroatoms. The van der Waals surface area contributed by atoms with Crippen molar-refractivity contribution in [1.82, 2.24) is 5.32 Å². The summed E-state index contributed by atoms with van der Waals surface area (Å²) in [7, 11) is -0.756. The van der Waals surface area contributed by atoms with Gasteiger partial charge in [0.2, 0.25) is 5.91 Å². The lowest BCUT2D eigenvalue weighted by Crippen LogP contribution is -2.45. The first-order valence-electron chi connectivity index (χ1n) is 9.05. The maximum Gasteiger partial charge on any atom is 0.308 e. The second-order valence-corrected chi connectivity index (χ2v) is 12.9. The van der Waals surface area contributed by atoms with E-state index in [0.717, 1.165) is 5.56 Å². The largest absolute Gasteiger partial charge is 0.469 e. The molecule has 0 fully saturated rings. The van der Waals surface area contributed by atoms with Gasteiger partial charge >= 0.3 is 5.97 Å². The molecule has 146 valence electrons. The van der Waals surface area contributed by atoms with Crippen LogP contribution in [-0.4, -0.2) is 33.4 Å². The van der Waals surface area contributed by atoms with E-state index in [1.54, 1.807) is 0 Å². The van der Waals surface area contributed by atoms with Crippen LogP contribution in [-0.2, 0) is 18.8 Å². The number of ether oxygens (including phenoxy) is 1. The van der Waals surface area contributed by atoms with Crippen molar-refractivity contribution < 1.29 is 18.8 Å². The molecule has 0 saturated carbocycles. The topological polar surface area (TPSA) is 64.6 Å². The van der Waals surface area contributed by atoms with Gasteiger partial charge in [0.05, 0.1) is 32.1 Å². The lowest BCUT2D eigenvalue weighted by Gasteiger charge is -2.39. The van der Waals surface area contributed by atoms with Gasteiger partial charge < -0.3 is 14.5 Å². The molecule has 1 aromatic rings. The molecule has 0 heterocycles. The molecule has 0 aromatic heterocycles. The van der Waals surface area contributed by atoms with Gasteiger partial charge in [-0.15, -0.1) is 0 Å². The zero-order chi connectivity index (χ0) is 20.0. The summed E-state index contributed by atoms with van der Waals surface area (Å²) in [5, 5.41) is 2.98. The Morgan fingerprint density at radius 3 is 2.19 bits per heavy atom. The molecule has 0 spiro atoms. The quantitative estimate of drug-likeness (QED) is 0.543. The van der Waals surface area contributed by atoms with E-state index in [1.165, 1.54) is 7.11 Å². The SMILES string of the molecule is COC(=O)C[C@H](CC(=O)N[C@@H](C)c1ccccc1)O[Si](C)(C)C(C)(C)C. The summed E-state index contributed by atoms with van der Waals surface area (Å²) < 4.78 is 11.1. The van der Waals surface area contributed by atoms with Crippen LogP contribution < -0.4 is 5.32 Å². The van der Waals surface area contributed by atoms with E-state index < -0.39 is 14.4 Å². The summed E-state index contributed by atoms with van der Waals surface area (Å²) in [6, 6.07) is 9.68. The van der Waals surface area contributed by atoms with Gasteiger partial charge in [-0.3, -0.25) is 9.59 Å². The van der Waals surface area contributed by atoms with Gasteiger partial charge in [0, 0.05) is 0 Å². The molecule has 0 radical (unpaired) electrons. The molecule has 5 nitrogen and oxygen atoms in total. The second kappa shape index (κ2) is 9.32. The number of hydrogen-bond donors (Lipinski definition) is 1. The van der Waals surface area contributed by atoms with Gasteiger partial charge in [-0.25, -0.2) is 0 Å². The number of carbonyl (C=O) groups excluding carboxylic acids is 2. The van der Waals surface area contributed by atoms with E-state index in [1.807, 2.05) is 37.3 Å². The van der Waals surface area contributed by atoms with Crippen LogP contribution in [0.1, 0.15) is 52.1 Å². The van der Waals surface area contributed by atoms with E-state index in [0.29, 0.717) is 0 Å². The molecule has 0 bridgehead atoms. The average molecular weight is 380 g/mol. The van der Waals surface area contributed by atoms with Crippen molar-refractivity contribution in [2.24, 2.45) is 0 Å². The third-order valence-corrected chi connectivity index (χ3v) is 9.51. The van der Waals surface area contributed by atoms with Crippen LogP contribution in [0.25, 0.3) is 0 Å². The Hall–Kier alpha value is -1.66. The first-order valence-corrected chi connectivity index (χ1v) is 12.0. The highest BCUT2D eigenvalue weighted by atomic mass is 28.4. The standard InChI is InChI=1S/C20H33NO4Si/c1-15(16-11-9-8-10-12-16)21-18(22)13-17(14-19(23)24-5)25-26(6,7)20(2,3)4/h8-12,15,17H,13-14H2,1-7H3,(H,21,22)/t15-,17-/m0/s1. The van der Waals surface area contributed by atoms with Gasteiger partial charge in [0.25, 0.3) is 0 Å². The van der Waals surface area contributed by atoms with Gasteiger partial charge in [-0.1, -0.05) is 51.1 Å². The number of benzene rings is 1.